The number of amides is 1. The smallest absolute Gasteiger partial charge is 0.365 e. The number of hydrogen-bond donors (Lipinski definition) is 2. The third kappa shape index (κ3) is 3.53. The molecule has 1 aliphatic heterocycles. The zero-order valence-electron chi connectivity index (χ0n) is 10.8. The molecule has 0 aliphatic carbocycles. The van der Waals surface area contributed by atoms with Gasteiger partial charge >= 0.3 is 5.97 Å². The van der Waals surface area contributed by atoms with E-state index < -0.39 is 5.97 Å². The molecule has 1 saturated heterocycles. The van der Waals surface area contributed by atoms with Crippen molar-refractivity contribution >= 4 is 23.2 Å². The number of carbonyl (C=O) groups excluding carboxylic acids is 1. The van der Waals surface area contributed by atoms with Crippen molar-refractivity contribution in [3.8, 4) is 0 Å². The highest BCUT2D eigenvalue weighted by atomic mass is 32.1. The number of rotatable bonds is 5. The first-order valence-corrected chi connectivity index (χ1v) is 7.20. The van der Waals surface area contributed by atoms with Gasteiger partial charge in [-0.05, 0) is 12.8 Å². The van der Waals surface area contributed by atoms with E-state index in [4.69, 9.17) is 14.9 Å². The highest BCUT2D eigenvalue weighted by Gasteiger charge is 2.25. The standard InChI is InChI=1S/C12H16N2O5S/c15-5-6-19-8-1-3-14(4-2-8)11(16)9-7-20-10(13-9)12(17)18/h7-8,15H,1-6H2,(H,17,18). The van der Waals surface area contributed by atoms with Crippen molar-refractivity contribution in [2.24, 2.45) is 0 Å². The zero-order valence-corrected chi connectivity index (χ0v) is 11.6. The molecule has 0 unspecified atom stereocenters. The van der Waals surface area contributed by atoms with Crippen molar-refractivity contribution in [3.05, 3.63) is 16.1 Å². The number of likely N-dealkylation sites (tertiary alicyclic amines) is 1. The highest BCUT2D eigenvalue weighted by molar-refractivity contribution is 7.11. The van der Waals surface area contributed by atoms with E-state index in [0.29, 0.717) is 32.5 Å². The maximum absolute atomic E-state index is 12.2. The van der Waals surface area contributed by atoms with E-state index in [1.165, 1.54) is 5.38 Å². The van der Waals surface area contributed by atoms with E-state index in [1.807, 2.05) is 0 Å². The molecule has 0 atom stereocenters. The molecule has 110 valence electrons. The van der Waals surface area contributed by atoms with Crippen molar-refractivity contribution in [1.29, 1.82) is 0 Å². The first kappa shape index (κ1) is 14.9. The van der Waals surface area contributed by atoms with E-state index in [2.05, 4.69) is 4.98 Å². The number of nitrogens with zero attached hydrogens (tertiary/aromatic N) is 2. The van der Waals surface area contributed by atoms with Crippen LogP contribution in [-0.4, -0.2) is 64.4 Å². The molecule has 2 rings (SSSR count). The van der Waals surface area contributed by atoms with Gasteiger partial charge in [0, 0.05) is 18.5 Å². The number of hydrogen-bond acceptors (Lipinski definition) is 6. The van der Waals surface area contributed by atoms with Gasteiger partial charge in [-0.1, -0.05) is 0 Å². The lowest BCUT2D eigenvalue weighted by molar-refractivity contribution is -0.00563. The molecular formula is C12H16N2O5S. The minimum absolute atomic E-state index is 0.00403. The second-order valence-electron chi connectivity index (χ2n) is 4.43. The van der Waals surface area contributed by atoms with Crippen LogP contribution in [0, 0.1) is 0 Å². The SMILES string of the molecule is O=C(O)c1nc(C(=O)N2CCC(OCCO)CC2)cs1. The van der Waals surface area contributed by atoms with Crippen LogP contribution >= 0.6 is 11.3 Å². The van der Waals surface area contributed by atoms with Gasteiger partial charge in [0.1, 0.15) is 5.69 Å². The van der Waals surface area contributed by atoms with E-state index in [0.717, 1.165) is 11.3 Å². The fraction of sp³-hybridized carbons (Fsp3) is 0.583. The third-order valence-electron chi connectivity index (χ3n) is 3.08. The molecule has 1 aliphatic rings. The van der Waals surface area contributed by atoms with Gasteiger partial charge in [0.2, 0.25) is 5.01 Å². The quantitative estimate of drug-likeness (QED) is 0.819. The third-order valence-corrected chi connectivity index (χ3v) is 3.91. The van der Waals surface area contributed by atoms with Gasteiger partial charge < -0.3 is 19.8 Å². The minimum Gasteiger partial charge on any atom is -0.476 e. The molecule has 1 aromatic heterocycles. The van der Waals surface area contributed by atoms with E-state index in [1.54, 1.807) is 4.90 Å². The summed E-state index contributed by atoms with van der Waals surface area (Å²) in [6, 6.07) is 0. The molecule has 20 heavy (non-hydrogen) atoms. The Morgan fingerprint density at radius 1 is 1.45 bits per heavy atom. The van der Waals surface area contributed by atoms with Crippen LogP contribution in [0.4, 0.5) is 0 Å². The van der Waals surface area contributed by atoms with E-state index in [-0.39, 0.29) is 29.3 Å². The Bertz CT molecular complexity index is 482. The summed E-state index contributed by atoms with van der Waals surface area (Å²) in [6.45, 7) is 1.41. The predicted molar refractivity (Wildman–Crippen MR) is 71.0 cm³/mol. The Kier molecular flexibility index (Phi) is 5.05. The molecule has 0 radical (unpaired) electrons. The minimum atomic E-state index is -1.12. The topological polar surface area (TPSA) is 100.0 Å². The van der Waals surface area contributed by atoms with Crippen LogP contribution in [0.1, 0.15) is 33.1 Å². The maximum Gasteiger partial charge on any atom is 0.365 e. The van der Waals surface area contributed by atoms with Gasteiger partial charge in [0.05, 0.1) is 19.3 Å². The molecule has 2 heterocycles. The average Bonchev–Trinajstić information content (AvgIpc) is 2.95. The van der Waals surface area contributed by atoms with Gasteiger partial charge in [-0.25, -0.2) is 9.78 Å². The average molecular weight is 300 g/mol. The fourth-order valence-corrected chi connectivity index (χ4v) is 2.71. The number of ether oxygens (including phenoxy) is 1. The first-order chi connectivity index (χ1) is 9.61. The van der Waals surface area contributed by atoms with E-state index >= 15 is 0 Å². The number of piperidine rings is 1. The molecule has 7 nitrogen and oxygen atoms in total. The van der Waals surface area contributed by atoms with Crippen molar-refractivity contribution < 1.29 is 24.5 Å². The first-order valence-electron chi connectivity index (χ1n) is 6.32. The number of aromatic carboxylic acids is 1. The maximum atomic E-state index is 12.2. The highest BCUT2D eigenvalue weighted by Crippen LogP contribution is 2.17. The summed E-state index contributed by atoms with van der Waals surface area (Å²) in [6.07, 6.45) is 1.49. The predicted octanol–water partition coefficient (Wildman–Crippen LogP) is 0.455. The number of aliphatic hydroxyl groups is 1. The monoisotopic (exact) mass is 300 g/mol. The molecule has 1 aromatic rings. The zero-order chi connectivity index (χ0) is 14.5. The Balaban J connectivity index is 1.89. The normalized spacial score (nSPS) is 16.4. The second kappa shape index (κ2) is 6.78. The number of aromatic nitrogens is 1. The van der Waals surface area contributed by atoms with Gasteiger partial charge in [0.15, 0.2) is 0 Å². The number of aliphatic hydroxyl groups excluding tert-OH is 1. The molecule has 2 N–H and O–H groups in total. The Morgan fingerprint density at radius 3 is 2.70 bits per heavy atom. The van der Waals surface area contributed by atoms with Crippen molar-refractivity contribution in [2.75, 3.05) is 26.3 Å². The van der Waals surface area contributed by atoms with Crippen LogP contribution in [0.15, 0.2) is 5.38 Å². The molecular weight excluding hydrogens is 284 g/mol. The van der Waals surface area contributed by atoms with E-state index in [9.17, 15) is 9.59 Å². The van der Waals surface area contributed by atoms with Crippen LogP contribution in [-0.2, 0) is 4.74 Å². The number of carboxylic acid groups (broad SMARTS) is 1. The Morgan fingerprint density at radius 2 is 2.15 bits per heavy atom. The summed E-state index contributed by atoms with van der Waals surface area (Å²) in [5, 5.41) is 18.9. The van der Waals surface area contributed by atoms with Gasteiger partial charge in [-0.2, -0.15) is 0 Å². The van der Waals surface area contributed by atoms with Crippen LogP contribution in [0.3, 0.4) is 0 Å². The van der Waals surface area contributed by atoms with Crippen molar-refractivity contribution in [3.63, 3.8) is 0 Å². The fourth-order valence-electron chi connectivity index (χ4n) is 2.08. The van der Waals surface area contributed by atoms with Gasteiger partial charge in [-0.15, -0.1) is 11.3 Å². The van der Waals surface area contributed by atoms with Crippen molar-refractivity contribution in [2.45, 2.75) is 18.9 Å². The summed E-state index contributed by atoms with van der Waals surface area (Å²) >= 11 is 0.951. The molecule has 0 saturated carbocycles. The summed E-state index contributed by atoms with van der Waals surface area (Å²) in [5.41, 5.74) is 0.183. The molecule has 1 amide bonds. The largest absolute Gasteiger partial charge is 0.476 e. The molecule has 0 spiro atoms. The molecule has 0 aromatic carbocycles. The Hall–Kier alpha value is -1.51. The van der Waals surface area contributed by atoms with Gasteiger partial charge in [0.25, 0.3) is 5.91 Å². The lowest BCUT2D eigenvalue weighted by atomic mass is 10.1. The molecule has 0 bridgehead atoms. The van der Waals surface area contributed by atoms with Crippen molar-refractivity contribution in [1.82, 2.24) is 9.88 Å². The molecule has 1 fully saturated rings. The second-order valence-corrected chi connectivity index (χ2v) is 5.29. The molecule has 8 heteroatoms. The van der Waals surface area contributed by atoms with Crippen LogP contribution in [0.5, 0.6) is 0 Å². The van der Waals surface area contributed by atoms with Crippen LogP contribution < -0.4 is 0 Å². The lowest BCUT2D eigenvalue weighted by Gasteiger charge is -2.31. The Labute approximate surface area is 119 Å². The van der Waals surface area contributed by atoms with Crippen LogP contribution in [0.2, 0.25) is 0 Å². The van der Waals surface area contributed by atoms with Crippen LogP contribution in [0.25, 0.3) is 0 Å². The summed E-state index contributed by atoms with van der Waals surface area (Å²) in [7, 11) is 0. The summed E-state index contributed by atoms with van der Waals surface area (Å²) in [4.78, 5) is 28.4. The lowest BCUT2D eigenvalue weighted by Crippen LogP contribution is -2.41. The van der Waals surface area contributed by atoms with Gasteiger partial charge in [-0.3, -0.25) is 4.79 Å². The number of thiazole rings is 1. The summed E-state index contributed by atoms with van der Waals surface area (Å²) < 4.78 is 5.42. The summed E-state index contributed by atoms with van der Waals surface area (Å²) in [5.74, 6) is -1.36. The number of carbonyl (C=O) groups is 2. The number of carboxylic acids is 1.